The molecule has 3 N–H and O–H groups in total. The van der Waals surface area contributed by atoms with Crippen LogP contribution in [-0.4, -0.2) is 30.6 Å². The van der Waals surface area contributed by atoms with E-state index >= 15 is 0 Å². The van der Waals surface area contributed by atoms with E-state index < -0.39 is 5.54 Å². The Balaban J connectivity index is 0.00000200. The Hall–Kier alpha value is -0.490. The highest BCUT2D eigenvalue weighted by Gasteiger charge is 2.28. The van der Waals surface area contributed by atoms with E-state index in [1.165, 1.54) is 5.69 Å². The number of amides is 1. The maximum atomic E-state index is 11.8. The van der Waals surface area contributed by atoms with Crippen molar-refractivity contribution in [1.82, 2.24) is 5.32 Å². The third-order valence-corrected chi connectivity index (χ3v) is 3.83. The van der Waals surface area contributed by atoms with Crippen molar-refractivity contribution in [1.29, 1.82) is 0 Å². The second-order valence-corrected chi connectivity index (χ2v) is 6.52. The van der Waals surface area contributed by atoms with Gasteiger partial charge in [0.25, 0.3) is 0 Å². The summed E-state index contributed by atoms with van der Waals surface area (Å²) in [5.41, 5.74) is 6.16. The van der Waals surface area contributed by atoms with E-state index in [-0.39, 0.29) is 36.8 Å². The van der Waals surface area contributed by atoms with Crippen LogP contribution in [0.1, 0.15) is 20.3 Å². The number of benzene rings is 1. The van der Waals surface area contributed by atoms with E-state index in [2.05, 4.69) is 38.3 Å². The predicted molar refractivity (Wildman–Crippen MR) is 95.7 cm³/mol. The van der Waals surface area contributed by atoms with Crippen molar-refractivity contribution < 1.29 is 4.79 Å². The maximum absolute atomic E-state index is 11.8. The molecule has 7 heteroatoms. The van der Waals surface area contributed by atoms with Crippen LogP contribution in [0.5, 0.6) is 0 Å². The summed E-state index contributed by atoms with van der Waals surface area (Å²) in [5.74, 6) is -0.0878. The number of hydrogen-bond acceptors (Lipinski definition) is 3. The van der Waals surface area contributed by atoms with Gasteiger partial charge >= 0.3 is 0 Å². The quantitative estimate of drug-likeness (QED) is 0.822. The molecule has 1 aliphatic heterocycles. The van der Waals surface area contributed by atoms with Crippen LogP contribution in [-0.2, 0) is 4.79 Å². The molecule has 1 aromatic carbocycles. The Morgan fingerprint density at radius 1 is 1.33 bits per heavy atom. The smallest absolute Gasteiger partial charge is 0.239 e. The minimum Gasteiger partial charge on any atom is -0.369 e. The summed E-state index contributed by atoms with van der Waals surface area (Å²) >= 11 is 3.43. The second kappa shape index (κ2) is 8.22. The van der Waals surface area contributed by atoms with Crippen LogP contribution in [0.3, 0.4) is 0 Å². The van der Waals surface area contributed by atoms with Gasteiger partial charge in [-0.2, -0.15) is 0 Å². The van der Waals surface area contributed by atoms with E-state index in [1.54, 1.807) is 13.8 Å². The summed E-state index contributed by atoms with van der Waals surface area (Å²) in [5, 5.41) is 3.02. The molecule has 4 nitrogen and oxygen atoms in total. The Labute approximate surface area is 146 Å². The van der Waals surface area contributed by atoms with Crippen molar-refractivity contribution in [3.05, 3.63) is 28.7 Å². The summed E-state index contributed by atoms with van der Waals surface area (Å²) in [7, 11) is 0. The molecule has 1 aromatic rings. The van der Waals surface area contributed by atoms with Crippen LogP contribution in [0.2, 0.25) is 0 Å². The second-order valence-electron chi connectivity index (χ2n) is 5.60. The van der Waals surface area contributed by atoms with Gasteiger partial charge in [-0.05, 0) is 44.5 Å². The lowest BCUT2D eigenvalue weighted by molar-refractivity contribution is -0.125. The van der Waals surface area contributed by atoms with Gasteiger partial charge in [0.15, 0.2) is 0 Å². The molecular weight excluding hydrogens is 377 g/mol. The largest absolute Gasteiger partial charge is 0.369 e. The van der Waals surface area contributed by atoms with Gasteiger partial charge in [-0.25, -0.2) is 0 Å². The first kappa shape index (κ1) is 20.5. The molecule has 1 atom stereocenters. The number of hydrogen-bond donors (Lipinski definition) is 2. The Morgan fingerprint density at radius 2 is 1.90 bits per heavy atom. The summed E-state index contributed by atoms with van der Waals surface area (Å²) < 4.78 is 1.07. The minimum atomic E-state index is -0.814. The fourth-order valence-corrected chi connectivity index (χ4v) is 2.40. The number of rotatable bonds is 3. The molecule has 1 fully saturated rings. The van der Waals surface area contributed by atoms with Crippen molar-refractivity contribution in [3.63, 3.8) is 0 Å². The third kappa shape index (κ3) is 5.66. The van der Waals surface area contributed by atoms with Crippen LogP contribution in [0.25, 0.3) is 0 Å². The van der Waals surface area contributed by atoms with Crippen LogP contribution in [0, 0.1) is 0 Å². The number of nitrogens with one attached hydrogen (secondary N) is 1. The predicted octanol–water partition coefficient (Wildman–Crippen LogP) is 2.72. The van der Waals surface area contributed by atoms with Crippen molar-refractivity contribution in [2.24, 2.45) is 5.73 Å². The zero-order chi connectivity index (χ0) is 14.0. The Morgan fingerprint density at radius 3 is 2.43 bits per heavy atom. The number of nitrogens with zero attached hydrogens (tertiary/aromatic N) is 1. The molecule has 0 saturated carbocycles. The van der Waals surface area contributed by atoms with Crippen LogP contribution >= 0.6 is 40.7 Å². The number of anilines is 1. The minimum absolute atomic E-state index is 0. The van der Waals surface area contributed by atoms with Crippen molar-refractivity contribution in [3.8, 4) is 0 Å². The molecule has 21 heavy (non-hydrogen) atoms. The summed E-state index contributed by atoms with van der Waals surface area (Å²) in [6.07, 6.45) is 0.956. The molecular formula is C14H22BrCl2N3O. The van der Waals surface area contributed by atoms with Gasteiger partial charge in [-0.1, -0.05) is 15.9 Å². The summed E-state index contributed by atoms with van der Waals surface area (Å²) in [6.45, 7) is 5.24. The zero-order valence-electron chi connectivity index (χ0n) is 12.1. The molecule has 0 bridgehead atoms. The molecule has 1 heterocycles. The summed E-state index contributed by atoms with van der Waals surface area (Å²) in [6, 6.07) is 8.41. The first-order chi connectivity index (χ1) is 8.86. The van der Waals surface area contributed by atoms with Gasteiger partial charge in [0.2, 0.25) is 5.91 Å². The Kier molecular flexibility index (Phi) is 8.03. The highest BCUT2D eigenvalue weighted by molar-refractivity contribution is 9.10. The van der Waals surface area contributed by atoms with Crippen molar-refractivity contribution in [2.75, 3.05) is 18.0 Å². The number of carbonyl (C=O) groups is 1. The lowest BCUT2D eigenvalue weighted by Crippen LogP contribution is -2.52. The average molecular weight is 399 g/mol. The van der Waals surface area contributed by atoms with Gasteiger partial charge in [0, 0.05) is 29.3 Å². The average Bonchev–Trinajstić information content (AvgIpc) is 2.77. The normalized spacial score (nSPS) is 17.7. The van der Waals surface area contributed by atoms with Crippen molar-refractivity contribution in [2.45, 2.75) is 31.8 Å². The maximum Gasteiger partial charge on any atom is 0.239 e. The molecule has 0 radical (unpaired) electrons. The highest BCUT2D eigenvalue weighted by Crippen LogP contribution is 2.22. The molecule has 120 valence electrons. The molecule has 0 aliphatic carbocycles. The van der Waals surface area contributed by atoms with E-state index in [4.69, 9.17) is 5.73 Å². The van der Waals surface area contributed by atoms with E-state index in [1.807, 2.05) is 12.1 Å². The van der Waals surface area contributed by atoms with Crippen LogP contribution < -0.4 is 16.0 Å². The lowest BCUT2D eigenvalue weighted by Gasteiger charge is -2.22. The molecule has 1 saturated heterocycles. The standard InChI is InChI=1S/C14H20BrN3O.2ClH/c1-14(2,16)13(19)17-11-7-8-18(9-11)12-5-3-10(15)4-6-12;;/h3-6,11H,7-9,16H2,1-2H3,(H,17,19);2*1H. The number of carbonyl (C=O) groups excluding carboxylic acids is 1. The van der Waals surface area contributed by atoms with Crippen LogP contribution in [0.4, 0.5) is 5.69 Å². The van der Waals surface area contributed by atoms with Crippen LogP contribution in [0.15, 0.2) is 28.7 Å². The van der Waals surface area contributed by atoms with Gasteiger partial charge in [0.05, 0.1) is 5.54 Å². The molecule has 1 aliphatic rings. The molecule has 1 amide bonds. The zero-order valence-corrected chi connectivity index (χ0v) is 15.4. The van der Waals surface area contributed by atoms with E-state index in [0.717, 1.165) is 24.0 Å². The number of halogens is 3. The van der Waals surface area contributed by atoms with Gasteiger partial charge < -0.3 is 16.0 Å². The molecule has 1 unspecified atom stereocenters. The summed E-state index contributed by atoms with van der Waals surface area (Å²) in [4.78, 5) is 14.1. The molecule has 2 rings (SSSR count). The SMILES string of the molecule is CC(C)(N)C(=O)NC1CCN(c2ccc(Br)cc2)C1.Cl.Cl. The van der Waals surface area contributed by atoms with Gasteiger partial charge in [0.1, 0.15) is 0 Å². The molecule has 0 spiro atoms. The molecule has 0 aromatic heterocycles. The van der Waals surface area contributed by atoms with Crippen molar-refractivity contribution >= 4 is 52.3 Å². The first-order valence-corrected chi connectivity index (χ1v) is 7.26. The monoisotopic (exact) mass is 397 g/mol. The first-order valence-electron chi connectivity index (χ1n) is 6.46. The Bertz CT molecular complexity index is 462. The highest BCUT2D eigenvalue weighted by atomic mass is 79.9. The third-order valence-electron chi connectivity index (χ3n) is 3.30. The van der Waals surface area contributed by atoms with E-state index in [9.17, 15) is 4.79 Å². The fraction of sp³-hybridized carbons (Fsp3) is 0.500. The van der Waals surface area contributed by atoms with E-state index in [0.29, 0.717) is 0 Å². The number of nitrogens with two attached hydrogens (primary N) is 1. The lowest BCUT2D eigenvalue weighted by atomic mass is 10.1. The fourth-order valence-electron chi connectivity index (χ4n) is 2.14. The van der Waals surface area contributed by atoms with Gasteiger partial charge in [-0.15, -0.1) is 24.8 Å². The topological polar surface area (TPSA) is 58.4 Å². The van der Waals surface area contributed by atoms with Gasteiger partial charge in [-0.3, -0.25) is 4.79 Å².